The molecule has 2 rings (SSSR count). The van der Waals surface area contributed by atoms with Gasteiger partial charge in [0.2, 0.25) is 0 Å². The summed E-state index contributed by atoms with van der Waals surface area (Å²) in [6.07, 6.45) is 4.65. The molecule has 6 heteroatoms. The van der Waals surface area contributed by atoms with Crippen LogP contribution >= 0.6 is 35.0 Å². The predicted octanol–water partition coefficient (Wildman–Crippen LogP) is 5.34. The SMILES string of the molecule is CCC(C)SC(=Nc1ccc(Cl)cc1Cl)c1cncn1C. The van der Waals surface area contributed by atoms with Crippen molar-refractivity contribution >= 4 is 45.7 Å². The second kappa shape index (κ2) is 7.34. The van der Waals surface area contributed by atoms with E-state index in [1.54, 1.807) is 30.2 Å². The maximum atomic E-state index is 6.22. The molecule has 0 spiro atoms. The lowest BCUT2D eigenvalue weighted by atomic mass is 10.3. The molecule has 0 aliphatic rings. The highest BCUT2D eigenvalue weighted by Gasteiger charge is 2.13. The zero-order valence-corrected chi connectivity index (χ0v) is 14.5. The Kier molecular flexibility index (Phi) is 5.73. The zero-order chi connectivity index (χ0) is 15.4. The van der Waals surface area contributed by atoms with Crippen molar-refractivity contribution in [3.63, 3.8) is 0 Å². The predicted molar refractivity (Wildman–Crippen MR) is 93.2 cm³/mol. The molecule has 1 unspecified atom stereocenters. The number of imidazole rings is 1. The van der Waals surface area contributed by atoms with Gasteiger partial charge in [-0.15, -0.1) is 11.8 Å². The number of hydrogen-bond acceptors (Lipinski definition) is 3. The summed E-state index contributed by atoms with van der Waals surface area (Å²) in [5.41, 5.74) is 1.69. The average Bonchev–Trinajstić information content (AvgIpc) is 2.86. The highest BCUT2D eigenvalue weighted by atomic mass is 35.5. The minimum atomic E-state index is 0.463. The van der Waals surface area contributed by atoms with Crippen LogP contribution in [0, 0.1) is 0 Å². The van der Waals surface area contributed by atoms with Gasteiger partial charge in [0.1, 0.15) is 5.04 Å². The Bertz CT molecular complexity index is 652. The molecule has 1 aromatic carbocycles. The van der Waals surface area contributed by atoms with Crippen LogP contribution < -0.4 is 0 Å². The summed E-state index contributed by atoms with van der Waals surface area (Å²) < 4.78 is 1.96. The highest BCUT2D eigenvalue weighted by Crippen LogP contribution is 2.31. The molecule has 0 aliphatic heterocycles. The summed E-state index contributed by atoms with van der Waals surface area (Å²) in [5, 5.41) is 2.53. The molecule has 0 bridgehead atoms. The fourth-order valence-electron chi connectivity index (χ4n) is 1.66. The monoisotopic (exact) mass is 341 g/mol. The Morgan fingerprint density at radius 3 is 2.76 bits per heavy atom. The molecule has 21 heavy (non-hydrogen) atoms. The molecular formula is C15H17Cl2N3S. The van der Waals surface area contributed by atoms with Crippen LogP contribution in [-0.2, 0) is 7.05 Å². The molecule has 0 saturated carbocycles. The first-order chi connectivity index (χ1) is 10.0. The van der Waals surface area contributed by atoms with Crippen LogP contribution in [0.3, 0.4) is 0 Å². The fraction of sp³-hybridized carbons (Fsp3) is 0.333. The molecule has 0 fully saturated rings. The topological polar surface area (TPSA) is 30.2 Å². The molecule has 0 saturated heterocycles. The van der Waals surface area contributed by atoms with Gasteiger partial charge in [0.25, 0.3) is 0 Å². The summed E-state index contributed by atoms with van der Waals surface area (Å²) in [5.74, 6) is 0. The number of nitrogens with zero attached hydrogens (tertiary/aromatic N) is 3. The van der Waals surface area contributed by atoms with Crippen molar-refractivity contribution in [1.29, 1.82) is 0 Å². The molecule has 0 aliphatic carbocycles. The van der Waals surface area contributed by atoms with Crippen molar-refractivity contribution in [1.82, 2.24) is 9.55 Å². The molecule has 1 heterocycles. The normalized spacial score (nSPS) is 13.5. The molecule has 1 aromatic heterocycles. The van der Waals surface area contributed by atoms with Gasteiger partial charge in [-0.2, -0.15) is 0 Å². The van der Waals surface area contributed by atoms with E-state index < -0.39 is 0 Å². The van der Waals surface area contributed by atoms with Gasteiger partial charge in [-0.05, 0) is 24.6 Å². The van der Waals surface area contributed by atoms with Gasteiger partial charge >= 0.3 is 0 Å². The van der Waals surface area contributed by atoms with Crippen LogP contribution in [0.5, 0.6) is 0 Å². The maximum absolute atomic E-state index is 6.22. The van der Waals surface area contributed by atoms with Gasteiger partial charge in [0.05, 0.1) is 28.9 Å². The Hall–Kier alpha value is -0.970. The minimum absolute atomic E-state index is 0.463. The zero-order valence-electron chi connectivity index (χ0n) is 12.2. The van der Waals surface area contributed by atoms with Crippen LogP contribution in [0.4, 0.5) is 5.69 Å². The van der Waals surface area contributed by atoms with Crippen molar-refractivity contribution in [2.24, 2.45) is 12.0 Å². The number of rotatable bonds is 4. The van der Waals surface area contributed by atoms with Crippen LogP contribution in [0.2, 0.25) is 10.0 Å². The van der Waals surface area contributed by atoms with Gasteiger partial charge in [-0.3, -0.25) is 0 Å². The van der Waals surface area contributed by atoms with Crippen molar-refractivity contribution in [3.05, 3.63) is 46.5 Å². The van der Waals surface area contributed by atoms with Gasteiger partial charge in [0.15, 0.2) is 0 Å². The molecule has 2 aromatic rings. The first-order valence-corrected chi connectivity index (χ1v) is 8.32. The van der Waals surface area contributed by atoms with Gasteiger partial charge in [0, 0.05) is 17.3 Å². The Balaban J connectivity index is 2.43. The van der Waals surface area contributed by atoms with Gasteiger partial charge in [-0.25, -0.2) is 9.98 Å². The van der Waals surface area contributed by atoms with Crippen LogP contribution in [0.1, 0.15) is 26.0 Å². The second-order valence-corrected chi connectivity index (χ2v) is 7.01. The van der Waals surface area contributed by atoms with Crippen molar-refractivity contribution in [3.8, 4) is 0 Å². The summed E-state index contributed by atoms with van der Waals surface area (Å²) in [4.78, 5) is 8.89. The van der Waals surface area contributed by atoms with E-state index in [1.165, 1.54) is 0 Å². The van der Waals surface area contributed by atoms with E-state index in [-0.39, 0.29) is 0 Å². The maximum Gasteiger partial charge on any atom is 0.122 e. The molecule has 0 amide bonds. The molecule has 112 valence electrons. The molecule has 1 atom stereocenters. The summed E-state index contributed by atoms with van der Waals surface area (Å²) in [6, 6.07) is 5.33. The number of thioether (sulfide) groups is 1. The Morgan fingerprint density at radius 1 is 1.43 bits per heavy atom. The fourth-order valence-corrected chi connectivity index (χ4v) is 3.13. The van der Waals surface area contributed by atoms with Crippen LogP contribution in [0.15, 0.2) is 35.7 Å². The first-order valence-electron chi connectivity index (χ1n) is 6.68. The highest BCUT2D eigenvalue weighted by molar-refractivity contribution is 8.14. The molecule has 0 radical (unpaired) electrons. The lowest BCUT2D eigenvalue weighted by Gasteiger charge is -2.12. The van der Waals surface area contributed by atoms with Gasteiger partial charge < -0.3 is 4.57 Å². The number of halogens is 2. The summed E-state index contributed by atoms with van der Waals surface area (Å²) in [7, 11) is 1.96. The Labute approximate surface area is 139 Å². The standard InChI is InChI=1S/C15H17Cl2N3S/c1-4-10(2)21-15(14-8-18-9-20(14)3)19-13-6-5-11(16)7-12(13)17/h5-10H,4H2,1-3H3. The number of aromatic nitrogens is 2. The second-order valence-electron chi connectivity index (χ2n) is 4.74. The van der Waals surface area contributed by atoms with E-state index in [4.69, 9.17) is 28.2 Å². The average molecular weight is 342 g/mol. The molecule has 3 nitrogen and oxygen atoms in total. The third-order valence-corrected chi connectivity index (χ3v) is 4.85. The van der Waals surface area contributed by atoms with E-state index in [9.17, 15) is 0 Å². The molecular weight excluding hydrogens is 325 g/mol. The lowest BCUT2D eigenvalue weighted by Crippen LogP contribution is -2.07. The quantitative estimate of drug-likeness (QED) is 0.555. The largest absolute Gasteiger partial charge is 0.332 e. The Morgan fingerprint density at radius 2 is 2.19 bits per heavy atom. The van der Waals surface area contributed by atoms with Crippen molar-refractivity contribution in [2.45, 2.75) is 25.5 Å². The summed E-state index contributed by atoms with van der Waals surface area (Å²) in [6.45, 7) is 4.34. The third kappa shape index (κ3) is 4.25. The van der Waals surface area contributed by atoms with Crippen LogP contribution in [-0.4, -0.2) is 19.8 Å². The van der Waals surface area contributed by atoms with E-state index in [2.05, 4.69) is 18.8 Å². The number of aryl methyl sites for hydroxylation is 1. The van der Waals surface area contributed by atoms with E-state index in [1.807, 2.05) is 23.9 Å². The minimum Gasteiger partial charge on any atom is -0.332 e. The van der Waals surface area contributed by atoms with E-state index in [0.717, 1.165) is 17.2 Å². The first kappa shape index (κ1) is 16.4. The lowest BCUT2D eigenvalue weighted by molar-refractivity contribution is 0.900. The molecule has 0 N–H and O–H groups in total. The van der Waals surface area contributed by atoms with E-state index in [0.29, 0.717) is 21.0 Å². The smallest absolute Gasteiger partial charge is 0.122 e. The number of aliphatic imine (C=N–C) groups is 1. The van der Waals surface area contributed by atoms with E-state index >= 15 is 0 Å². The van der Waals surface area contributed by atoms with Crippen LogP contribution in [0.25, 0.3) is 0 Å². The number of benzene rings is 1. The van der Waals surface area contributed by atoms with Crippen molar-refractivity contribution < 1.29 is 0 Å². The number of hydrogen-bond donors (Lipinski definition) is 0. The third-order valence-electron chi connectivity index (χ3n) is 3.06. The van der Waals surface area contributed by atoms with Crippen molar-refractivity contribution in [2.75, 3.05) is 0 Å². The summed E-state index contributed by atoms with van der Waals surface area (Å²) >= 11 is 13.9. The van der Waals surface area contributed by atoms with Gasteiger partial charge in [-0.1, -0.05) is 37.0 Å².